The lowest BCUT2D eigenvalue weighted by atomic mass is 9.86. The summed E-state index contributed by atoms with van der Waals surface area (Å²) in [5, 5.41) is 11.7. The number of carbonyl (C=O) groups is 1. The predicted octanol–water partition coefficient (Wildman–Crippen LogP) is 5.80. The maximum Gasteiger partial charge on any atom is 0.307 e. The number of carboxylic acids is 1. The molecule has 4 rings (SSSR count). The van der Waals surface area contributed by atoms with Crippen molar-refractivity contribution in [1.29, 1.82) is 0 Å². The van der Waals surface area contributed by atoms with E-state index in [1.807, 2.05) is 12.1 Å². The molecule has 0 aliphatic carbocycles. The molecular weight excluding hydrogens is 358 g/mol. The zero-order chi connectivity index (χ0) is 20.4. The van der Waals surface area contributed by atoms with E-state index in [2.05, 4.69) is 67.3 Å². The topological polar surface area (TPSA) is 40.5 Å². The van der Waals surface area contributed by atoms with Crippen LogP contribution in [-0.2, 0) is 11.2 Å². The number of aryl methyl sites for hydroxylation is 1. The lowest BCUT2D eigenvalue weighted by molar-refractivity contribution is -0.136. The van der Waals surface area contributed by atoms with Gasteiger partial charge in [-0.1, -0.05) is 55.5 Å². The van der Waals surface area contributed by atoms with Gasteiger partial charge in [-0.3, -0.25) is 4.79 Å². The second-order valence-electron chi connectivity index (χ2n) is 8.49. The third-order valence-electron chi connectivity index (χ3n) is 6.34. The first-order valence-electron chi connectivity index (χ1n) is 10.5. The van der Waals surface area contributed by atoms with Crippen molar-refractivity contribution in [2.75, 3.05) is 18.0 Å². The number of hydrogen-bond donors (Lipinski definition) is 1. The number of fused-ring (bicyclic) bond motifs is 1. The van der Waals surface area contributed by atoms with Gasteiger partial charge in [-0.25, -0.2) is 0 Å². The number of anilines is 1. The zero-order valence-electron chi connectivity index (χ0n) is 17.3. The molecule has 0 unspecified atom stereocenters. The quantitative estimate of drug-likeness (QED) is 0.581. The van der Waals surface area contributed by atoms with Crippen molar-refractivity contribution in [2.45, 2.75) is 39.0 Å². The average molecular weight is 388 g/mol. The smallest absolute Gasteiger partial charge is 0.307 e. The van der Waals surface area contributed by atoms with Crippen molar-refractivity contribution in [2.24, 2.45) is 5.92 Å². The molecule has 1 heterocycles. The molecule has 0 saturated carbocycles. The molecule has 3 heteroatoms. The van der Waals surface area contributed by atoms with Crippen molar-refractivity contribution < 1.29 is 9.90 Å². The largest absolute Gasteiger partial charge is 0.481 e. The van der Waals surface area contributed by atoms with Gasteiger partial charge >= 0.3 is 5.97 Å². The van der Waals surface area contributed by atoms with Crippen LogP contribution < -0.4 is 4.90 Å². The third kappa shape index (κ3) is 4.29. The Labute approximate surface area is 173 Å². The van der Waals surface area contributed by atoms with E-state index in [0.29, 0.717) is 11.8 Å². The molecular formula is C26H29NO2. The summed E-state index contributed by atoms with van der Waals surface area (Å²) in [4.78, 5) is 13.3. The summed E-state index contributed by atoms with van der Waals surface area (Å²) < 4.78 is 0. The Kier molecular flexibility index (Phi) is 5.57. The van der Waals surface area contributed by atoms with Crippen molar-refractivity contribution in [3.05, 3.63) is 77.4 Å². The molecule has 0 bridgehead atoms. The minimum absolute atomic E-state index is 0.0882. The minimum Gasteiger partial charge on any atom is -0.481 e. The van der Waals surface area contributed by atoms with E-state index in [9.17, 15) is 4.79 Å². The number of aliphatic carboxylic acids is 1. The summed E-state index contributed by atoms with van der Waals surface area (Å²) in [5.41, 5.74) is 4.87. The van der Waals surface area contributed by atoms with Gasteiger partial charge in [0, 0.05) is 18.8 Å². The van der Waals surface area contributed by atoms with E-state index in [0.717, 1.165) is 18.7 Å². The maximum atomic E-state index is 10.9. The predicted molar refractivity (Wildman–Crippen MR) is 120 cm³/mol. The molecule has 150 valence electrons. The van der Waals surface area contributed by atoms with Crippen molar-refractivity contribution in [3.63, 3.8) is 0 Å². The molecule has 29 heavy (non-hydrogen) atoms. The lowest BCUT2D eigenvalue weighted by Crippen LogP contribution is -2.20. The average Bonchev–Trinajstić information content (AvgIpc) is 3.17. The first-order chi connectivity index (χ1) is 14.0. The van der Waals surface area contributed by atoms with Crippen LogP contribution in [0.2, 0.25) is 0 Å². The monoisotopic (exact) mass is 387 g/mol. The first kappa shape index (κ1) is 19.5. The Morgan fingerprint density at radius 3 is 2.52 bits per heavy atom. The minimum atomic E-state index is -0.781. The molecule has 1 aliphatic heterocycles. The van der Waals surface area contributed by atoms with Crippen LogP contribution in [0.15, 0.2) is 60.7 Å². The molecule has 3 aromatic carbocycles. The molecule has 1 aliphatic rings. The van der Waals surface area contributed by atoms with E-state index in [4.69, 9.17) is 5.11 Å². The van der Waals surface area contributed by atoms with Gasteiger partial charge in [0.1, 0.15) is 0 Å². The van der Waals surface area contributed by atoms with Gasteiger partial charge in [-0.15, -0.1) is 0 Å². The van der Waals surface area contributed by atoms with Crippen LogP contribution >= 0.6 is 0 Å². The fourth-order valence-corrected chi connectivity index (χ4v) is 4.79. The van der Waals surface area contributed by atoms with Crippen LogP contribution in [0, 0.1) is 12.8 Å². The molecule has 3 nitrogen and oxygen atoms in total. The Hall–Kier alpha value is -2.81. The van der Waals surface area contributed by atoms with Crippen molar-refractivity contribution in [1.82, 2.24) is 0 Å². The molecule has 0 radical (unpaired) electrons. The van der Waals surface area contributed by atoms with E-state index in [-0.39, 0.29) is 6.42 Å². The third-order valence-corrected chi connectivity index (χ3v) is 6.34. The van der Waals surface area contributed by atoms with Gasteiger partial charge < -0.3 is 10.0 Å². The fourth-order valence-electron chi connectivity index (χ4n) is 4.79. The molecule has 3 aromatic rings. The molecule has 0 amide bonds. The highest BCUT2D eigenvalue weighted by molar-refractivity contribution is 5.88. The normalized spacial score (nSPS) is 17.6. The first-order valence-corrected chi connectivity index (χ1v) is 10.5. The standard InChI is InChI=1S/C26H29NO2/c1-18-7-12-24(25-6-4-3-5-23(18)25)19(2)15-21-13-14-27(17-21)22-10-8-20(9-11-22)16-26(28)29/h3-12,19,21H,13-17H2,1-2H3,(H,28,29)/t19-,21+/m0/s1. The van der Waals surface area contributed by atoms with Crippen LogP contribution in [0.5, 0.6) is 0 Å². The summed E-state index contributed by atoms with van der Waals surface area (Å²) >= 11 is 0. The van der Waals surface area contributed by atoms with Crippen LogP contribution in [0.3, 0.4) is 0 Å². The van der Waals surface area contributed by atoms with Gasteiger partial charge in [0.05, 0.1) is 6.42 Å². The van der Waals surface area contributed by atoms with Crippen molar-refractivity contribution in [3.8, 4) is 0 Å². The number of carboxylic acid groups (broad SMARTS) is 1. The molecule has 0 spiro atoms. The van der Waals surface area contributed by atoms with Crippen LogP contribution in [-0.4, -0.2) is 24.2 Å². The van der Waals surface area contributed by atoms with Crippen LogP contribution in [0.25, 0.3) is 10.8 Å². The van der Waals surface area contributed by atoms with Gasteiger partial charge in [0.15, 0.2) is 0 Å². The Bertz CT molecular complexity index is 1010. The number of rotatable bonds is 6. The maximum absolute atomic E-state index is 10.9. The SMILES string of the molecule is Cc1ccc([C@@H](C)C[C@H]2CCN(c3ccc(CC(=O)O)cc3)C2)c2ccccc12. The zero-order valence-corrected chi connectivity index (χ0v) is 17.3. The molecule has 1 saturated heterocycles. The van der Waals surface area contributed by atoms with Gasteiger partial charge in [0.2, 0.25) is 0 Å². The Morgan fingerprint density at radius 1 is 1.07 bits per heavy atom. The highest BCUT2D eigenvalue weighted by atomic mass is 16.4. The summed E-state index contributed by atoms with van der Waals surface area (Å²) in [6, 6.07) is 21.3. The van der Waals surface area contributed by atoms with Gasteiger partial charge in [0.25, 0.3) is 0 Å². The van der Waals surface area contributed by atoms with Crippen LogP contribution in [0.1, 0.15) is 42.4 Å². The van der Waals surface area contributed by atoms with E-state index < -0.39 is 5.97 Å². The van der Waals surface area contributed by atoms with E-state index >= 15 is 0 Å². The highest BCUT2D eigenvalue weighted by Gasteiger charge is 2.25. The van der Waals surface area contributed by atoms with E-state index in [1.54, 1.807) is 0 Å². The van der Waals surface area contributed by atoms with Crippen LogP contribution in [0.4, 0.5) is 5.69 Å². The van der Waals surface area contributed by atoms with Crippen molar-refractivity contribution >= 4 is 22.4 Å². The fraction of sp³-hybridized carbons (Fsp3) is 0.346. The van der Waals surface area contributed by atoms with Gasteiger partial charge in [-0.2, -0.15) is 0 Å². The Balaban J connectivity index is 1.43. The summed E-state index contributed by atoms with van der Waals surface area (Å²) in [6.07, 6.45) is 2.50. The molecule has 0 aromatic heterocycles. The second kappa shape index (κ2) is 8.28. The van der Waals surface area contributed by atoms with Gasteiger partial charge in [-0.05, 0) is 71.2 Å². The second-order valence-corrected chi connectivity index (χ2v) is 8.49. The lowest BCUT2D eigenvalue weighted by Gasteiger charge is -2.21. The number of benzene rings is 3. The summed E-state index contributed by atoms with van der Waals surface area (Å²) in [6.45, 7) is 6.70. The number of hydrogen-bond acceptors (Lipinski definition) is 2. The summed E-state index contributed by atoms with van der Waals surface area (Å²) in [5.74, 6) is 0.434. The van der Waals surface area contributed by atoms with E-state index in [1.165, 1.54) is 40.4 Å². The Morgan fingerprint density at radius 2 is 1.79 bits per heavy atom. The highest BCUT2D eigenvalue weighted by Crippen LogP contribution is 2.35. The molecule has 1 N–H and O–H groups in total. The summed E-state index contributed by atoms with van der Waals surface area (Å²) in [7, 11) is 0. The number of nitrogens with zero attached hydrogens (tertiary/aromatic N) is 1. The molecule has 2 atom stereocenters. The molecule has 1 fully saturated rings.